The van der Waals surface area contributed by atoms with Crippen LogP contribution < -0.4 is 0 Å². The second-order valence-corrected chi connectivity index (χ2v) is 2.56. The average Bonchev–Trinajstić information content (AvgIpc) is 2.05. The van der Waals surface area contributed by atoms with Crippen molar-refractivity contribution in [3.05, 3.63) is 34.3 Å². The number of rotatable bonds is 1. The van der Waals surface area contributed by atoms with E-state index in [-0.39, 0.29) is 16.1 Å². The third-order valence-electron chi connectivity index (χ3n) is 1.36. The fourth-order valence-electron chi connectivity index (χ4n) is 0.781. The van der Waals surface area contributed by atoms with E-state index in [4.69, 9.17) is 16.9 Å². The highest BCUT2D eigenvalue weighted by Crippen LogP contribution is 2.27. The molecular formula is C8H4ClF2N. The number of hydrogen-bond donors (Lipinski definition) is 0. The van der Waals surface area contributed by atoms with Crippen molar-refractivity contribution in [3.8, 4) is 6.07 Å². The van der Waals surface area contributed by atoms with E-state index in [9.17, 15) is 8.78 Å². The number of nitriles is 1. The van der Waals surface area contributed by atoms with Gasteiger partial charge < -0.3 is 0 Å². The lowest BCUT2D eigenvalue weighted by atomic mass is 10.1. The van der Waals surface area contributed by atoms with Crippen LogP contribution in [0.3, 0.4) is 0 Å². The van der Waals surface area contributed by atoms with E-state index in [0.29, 0.717) is 0 Å². The van der Waals surface area contributed by atoms with E-state index in [1.54, 1.807) is 6.07 Å². The van der Waals surface area contributed by atoms with E-state index in [1.165, 1.54) is 12.1 Å². The first kappa shape index (κ1) is 8.95. The molecule has 0 bridgehead atoms. The van der Waals surface area contributed by atoms with Gasteiger partial charge in [0, 0.05) is 10.6 Å². The first-order valence-corrected chi connectivity index (χ1v) is 3.50. The van der Waals surface area contributed by atoms with Gasteiger partial charge in [-0.1, -0.05) is 11.6 Å². The SMILES string of the molecule is N#Cc1ccc(Cl)c(C(F)F)c1. The Morgan fingerprint density at radius 2 is 2.08 bits per heavy atom. The highest BCUT2D eigenvalue weighted by Gasteiger charge is 2.11. The maximum atomic E-state index is 12.2. The lowest BCUT2D eigenvalue weighted by Gasteiger charge is -2.01. The molecule has 1 nitrogen and oxygen atoms in total. The summed E-state index contributed by atoms with van der Waals surface area (Å²) in [6.07, 6.45) is -2.63. The molecule has 0 saturated heterocycles. The van der Waals surface area contributed by atoms with Crippen molar-refractivity contribution in [1.29, 1.82) is 5.26 Å². The third kappa shape index (κ3) is 1.72. The van der Waals surface area contributed by atoms with Crippen LogP contribution >= 0.6 is 11.6 Å². The zero-order chi connectivity index (χ0) is 9.14. The lowest BCUT2D eigenvalue weighted by Crippen LogP contribution is -1.87. The van der Waals surface area contributed by atoms with Gasteiger partial charge in [0.2, 0.25) is 0 Å². The Balaban J connectivity index is 3.19. The van der Waals surface area contributed by atoms with Crippen LogP contribution in [0.25, 0.3) is 0 Å². The molecule has 0 aliphatic heterocycles. The molecule has 0 spiro atoms. The van der Waals surface area contributed by atoms with Crippen molar-refractivity contribution >= 4 is 11.6 Å². The van der Waals surface area contributed by atoms with Crippen molar-refractivity contribution < 1.29 is 8.78 Å². The van der Waals surface area contributed by atoms with Crippen LogP contribution in [-0.4, -0.2) is 0 Å². The van der Waals surface area contributed by atoms with E-state index < -0.39 is 6.43 Å². The van der Waals surface area contributed by atoms with E-state index >= 15 is 0 Å². The van der Waals surface area contributed by atoms with Crippen LogP contribution in [0.2, 0.25) is 5.02 Å². The van der Waals surface area contributed by atoms with Gasteiger partial charge in [-0.05, 0) is 18.2 Å². The first-order chi connectivity index (χ1) is 5.65. The average molecular weight is 188 g/mol. The predicted octanol–water partition coefficient (Wildman–Crippen LogP) is 3.15. The highest BCUT2D eigenvalue weighted by atomic mass is 35.5. The number of benzene rings is 1. The zero-order valence-corrected chi connectivity index (χ0v) is 6.65. The Morgan fingerprint density at radius 3 is 2.58 bits per heavy atom. The van der Waals surface area contributed by atoms with Gasteiger partial charge in [0.25, 0.3) is 6.43 Å². The van der Waals surface area contributed by atoms with Gasteiger partial charge in [0.15, 0.2) is 0 Å². The fraction of sp³-hybridized carbons (Fsp3) is 0.125. The zero-order valence-electron chi connectivity index (χ0n) is 5.89. The summed E-state index contributed by atoms with van der Waals surface area (Å²) in [5.74, 6) is 0. The molecular weight excluding hydrogens is 184 g/mol. The van der Waals surface area contributed by atoms with Crippen molar-refractivity contribution in [2.24, 2.45) is 0 Å². The van der Waals surface area contributed by atoms with Gasteiger partial charge in [0.05, 0.1) is 11.6 Å². The standard InChI is InChI=1S/C8H4ClF2N/c9-7-2-1-5(4-12)3-6(7)8(10)11/h1-3,8H. The molecule has 1 aromatic rings. The minimum absolute atomic E-state index is 0.0102. The van der Waals surface area contributed by atoms with E-state index in [2.05, 4.69) is 0 Å². The van der Waals surface area contributed by atoms with Crippen molar-refractivity contribution in [2.75, 3.05) is 0 Å². The van der Waals surface area contributed by atoms with E-state index in [0.717, 1.165) is 6.07 Å². The molecule has 0 aliphatic carbocycles. The summed E-state index contributed by atoms with van der Waals surface area (Å²) in [7, 11) is 0. The summed E-state index contributed by atoms with van der Waals surface area (Å²) in [6.45, 7) is 0. The molecule has 0 aromatic heterocycles. The molecule has 62 valence electrons. The van der Waals surface area contributed by atoms with Crippen LogP contribution in [0.15, 0.2) is 18.2 Å². The Bertz CT molecular complexity index is 330. The van der Waals surface area contributed by atoms with Crippen LogP contribution in [0.4, 0.5) is 8.78 Å². The second kappa shape index (κ2) is 3.51. The quantitative estimate of drug-likeness (QED) is 0.663. The van der Waals surface area contributed by atoms with Gasteiger partial charge in [-0.3, -0.25) is 0 Å². The van der Waals surface area contributed by atoms with Gasteiger partial charge in [-0.2, -0.15) is 5.26 Å². The Hall–Kier alpha value is -1.14. The molecule has 0 saturated carbocycles. The summed E-state index contributed by atoms with van der Waals surface area (Å²) in [5, 5.41) is 8.39. The monoisotopic (exact) mass is 187 g/mol. The molecule has 0 aliphatic rings. The first-order valence-electron chi connectivity index (χ1n) is 3.13. The maximum absolute atomic E-state index is 12.2. The summed E-state index contributed by atoms with van der Waals surface area (Å²) in [6, 6.07) is 5.54. The lowest BCUT2D eigenvalue weighted by molar-refractivity contribution is 0.151. The molecule has 0 heterocycles. The number of halogens is 3. The van der Waals surface area contributed by atoms with Gasteiger partial charge in [-0.25, -0.2) is 8.78 Å². The molecule has 0 amide bonds. The Labute approximate surface area is 73.2 Å². The predicted molar refractivity (Wildman–Crippen MR) is 41.1 cm³/mol. The molecule has 1 rings (SSSR count). The second-order valence-electron chi connectivity index (χ2n) is 2.15. The number of nitrogens with zero attached hydrogens (tertiary/aromatic N) is 1. The molecule has 0 unspecified atom stereocenters. The molecule has 0 fully saturated rings. The minimum Gasteiger partial charge on any atom is -0.205 e. The van der Waals surface area contributed by atoms with Gasteiger partial charge >= 0.3 is 0 Å². The smallest absolute Gasteiger partial charge is 0.205 e. The Kier molecular flexibility index (Phi) is 2.61. The summed E-state index contributed by atoms with van der Waals surface area (Å²) in [4.78, 5) is 0. The molecule has 4 heteroatoms. The van der Waals surface area contributed by atoms with Crippen LogP contribution in [-0.2, 0) is 0 Å². The molecule has 1 aromatic carbocycles. The third-order valence-corrected chi connectivity index (χ3v) is 1.70. The van der Waals surface area contributed by atoms with Crippen molar-refractivity contribution in [3.63, 3.8) is 0 Å². The molecule has 0 atom stereocenters. The van der Waals surface area contributed by atoms with Gasteiger partial charge in [-0.15, -0.1) is 0 Å². The fourth-order valence-corrected chi connectivity index (χ4v) is 0.981. The van der Waals surface area contributed by atoms with Crippen molar-refractivity contribution in [2.45, 2.75) is 6.43 Å². The molecule has 0 radical (unpaired) electrons. The van der Waals surface area contributed by atoms with Gasteiger partial charge in [0.1, 0.15) is 0 Å². The van der Waals surface area contributed by atoms with Crippen LogP contribution in [0.5, 0.6) is 0 Å². The van der Waals surface area contributed by atoms with Crippen LogP contribution in [0.1, 0.15) is 17.6 Å². The Morgan fingerprint density at radius 1 is 1.42 bits per heavy atom. The molecule has 12 heavy (non-hydrogen) atoms. The molecule has 0 N–H and O–H groups in total. The largest absolute Gasteiger partial charge is 0.265 e. The minimum atomic E-state index is -2.63. The summed E-state index contributed by atoms with van der Waals surface area (Å²) < 4.78 is 24.3. The number of alkyl halides is 2. The summed E-state index contributed by atoms with van der Waals surface area (Å²) >= 11 is 5.46. The van der Waals surface area contributed by atoms with Crippen LogP contribution in [0, 0.1) is 11.3 Å². The van der Waals surface area contributed by atoms with Crippen molar-refractivity contribution in [1.82, 2.24) is 0 Å². The highest BCUT2D eigenvalue weighted by molar-refractivity contribution is 6.31. The summed E-state index contributed by atoms with van der Waals surface area (Å²) in [5.41, 5.74) is -0.106. The number of hydrogen-bond acceptors (Lipinski definition) is 1. The van der Waals surface area contributed by atoms with E-state index in [1.807, 2.05) is 0 Å². The maximum Gasteiger partial charge on any atom is 0.265 e. The normalized spacial score (nSPS) is 9.92. The topological polar surface area (TPSA) is 23.8 Å².